The predicted octanol–water partition coefficient (Wildman–Crippen LogP) is 1.50. The van der Waals surface area contributed by atoms with Gasteiger partial charge in [0.1, 0.15) is 5.82 Å². The number of aliphatic hydroxyl groups is 1. The largest absolute Gasteiger partial charge is 0.395 e. The van der Waals surface area contributed by atoms with Crippen LogP contribution in [0.2, 0.25) is 0 Å². The monoisotopic (exact) mass is 385 g/mol. The number of aliphatic hydroxyl groups excluding tert-OH is 1. The number of halogens is 1. The number of carbonyl (C=O) groups excluding carboxylic acids is 2. The van der Waals surface area contributed by atoms with E-state index in [9.17, 15) is 19.1 Å². The lowest BCUT2D eigenvalue weighted by atomic mass is 10.2. The van der Waals surface area contributed by atoms with Crippen molar-refractivity contribution in [3.63, 3.8) is 0 Å². The van der Waals surface area contributed by atoms with Crippen molar-refractivity contribution in [3.05, 3.63) is 66.0 Å². The number of para-hydroxylation sites is 1. The average molecular weight is 385 g/mol. The molecule has 1 aliphatic heterocycles. The van der Waals surface area contributed by atoms with Gasteiger partial charge in [0.2, 0.25) is 0 Å². The molecule has 7 heteroatoms. The molecule has 0 saturated carbocycles. The molecule has 0 spiro atoms. The van der Waals surface area contributed by atoms with E-state index in [1.54, 1.807) is 18.2 Å². The van der Waals surface area contributed by atoms with Gasteiger partial charge in [0.05, 0.1) is 12.3 Å². The highest BCUT2D eigenvalue weighted by Gasteiger charge is 2.30. The van der Waals surface area contributed by atoms with Crippen LogP contribution in [0.3, 0.4) is 0 Å². The summed E-state index contributed by atoms with van der Waals surface area (Å²) in [4.78, 5) is 30.1. The van der Waals surface area contributed by atoms with Crippen LogP contribution in [-0.2, 0) is 16.1 Å². The zero-order valence-electron chi connectivity index (χ0n) is 15.6. The van der Waals surface area contributed by atoms with Gasteiger partial charge in [-0.2, -0.15) is 0 Å². The molecule has 1 saturated heterocycles. The molecule has 0 radical (unpaired) electrons. The minimum absolute atomic E-state index is 0.0919. The van der Waals surface area contributed by atoms with Crippen LogP contribution in [0.5, 0.6) is 0 Å². The maximum atomic E-state index is 13.9. The average Bonchev–Trinajstić information content (AvgIpc) is 2.74. The summed E-state index contributed by atoms with van der Waals surface area (Å²) >= 11 is 0. The molecule has 3 rings (SSSR count). The summed E-state index contributed by atoms with van der Waals surface area (Å²) < 4.78 is 13.9. The zero-order chi connectivity index (χ0) is 19.9. The quantitative estimate of drug-likeness (QED) is 0.793. The van der Waals surface area contributed by atoms with Crippen LogP contribution < -0.4 is 4.90 Å². The Morgan fingerprint density at radius 2 is 1.61 bits per heavy atom. The number of rotatable bonds is 5. The second-order valence-corrected chi connectivity index (χ2v) is 6.67. The molecular weight excluding hydrogens is 361 g/mol. The van der Waals surface area contributed by atoms with Crippen LogP contribution in [0, 0.1) is 5.82 Å². The molecule has 0 aliphatic carbocycles. The van der Waals surface area contributed by atoms with E-state index in [4.69, 9.17) is 0 Å². The second-order valence-electron chi connectivity index (χ2n) is 6.67. The van der Waals surface area contributed by atoms with Gasteiger partial charge in [-0.25, -0.2) is 4.39 Å². The van der Waals surface area contributed by atoms with Crippen molar-refractivity contribution >= 4 is 17.5 Å². The Balaban J connectivity index is 1.61. The first-order valence-corrected chi connectivity index (χ1v) is 9.32. The summed E-state index contributed by atoms with van der Waals surface area (Å²) in [5.74, 6) is -1.51. The molecule has 0 aromatic heterocycles. The van der Waals surface area contributed by atoms with Gasteiger partial charge in [-0.3, -0.25) is 9.59 Å². The van der Waals surface area contributed by atoms with E-state index in [0.29, 0.717) is 31.9 Å². The van der Waals surface area contributed by atoms with Crippen molar-refractivity contribution in [1.29, 1.82) is 0 Å². The number of carbonyl (C=O) groups is 2. The van der Waals surface area contributed by atoms with Gasteiger partial charge in [-0.05, 0) is 17.7 Å². The molecule has 1 fully saturated rings. The van der Waals surface area contributed by atoms with E-state index in [0.717, 1.165) is 5.56 Å². The maximum absolute atomic E-state index is 13.9. The fraction of sp³-hybridized carbons (Fsp3) is 0.333. The van der Waals surface area contributed by atoms with Crippen LogP contribution in [0.25, 0.3) is 0 Å². The molecule has 2 amide bonds. The van der Waals surface area contributed by atoms with Crippen LogP contribution in [-0.4, -0.2) is 66.1 Å². The molecule has 28 heavy (non-hydrogen) atoms. The number of amides is 2. The molecule has 148 valence electrons. The third-order valence-electron chi connectivity index (χ3n) is 4.82. The van der Waals surface area contributed by atoms with E-state index in [1.165, 1.54) is 15.9 Å². The fourth-order valence-corrected chi connectivity index (χ4v) is 3.31. The highest BCUT2D eigenvalue weighted by atomic mass is 19.1. The maximum Gasteiger partial charge on any atom is 0.312 e. The number of piperazine rings is 1. The van der Waals surface area contributed by atoms with Crippen molar-refractivity contribution in [3.8, 4) is 0 Å². The summed E-state index contributed by atoms with van der Waals surface area (Å²) in [5.41, 5.74) is 1.40. The van der Waals surface area contributed by atoms with E-state index in [2.05, 4.69) is 0 Å². The van der Waals surface area contributed by atoms with E-state index < -0.39 is 11.8 Å². The predicted molar refractivity (Wildman–Crippen MR) is 104 cm³/mol. The van der Waals surface area contributed by atoms with Gasteiger partial charge in [-0.15, -0.1) is 0 Å². The summed E-state index contributed by atoms with van der Waals surface area (Å²) in [6.45, 7) is 1.74. The van der Waals surface area contributed by atoms with Gasteiger partial charge in [0, 0.05) is 39.3 Å². The molecule has 1 heterocycles. The molecule has 1 aliphatic rings. The molecular formula is C21H24FN3O3. The first-order chi connectivity index (χ1) is 13.6. The first kappa shape index (κ1) is 19.8. The van der Waals surface area contributed by atoms with Gasteiger partial charge >= 0.3 is 11.8 Å². The van der Waals surface area contributed by atoms with Crippen molar-refractivity contribution in [1.82, 2.24) is 9.80 Å². The topological polar surface area (TPSA) is 64.1 Å². The van der Waals surface area contributed by atoms with Crippen LogP contribution >= 0.6 is 0 Å². The van der Waals surface area contributed by atoms with E-state index >= 15 is 0 Å². The summed E-state index contributed by atoms with van der Waals surface area (Å²) in [6.07, 6.45) is 0. The Hall–Kier alpha value is -2.93. The lowest BCUT2D eigenvalue weighted by molar-refractivity contribution is -0.152. The van der Waals surface area contributed by atoms with E-state index in [-0.39, 0.29) is 25.5 Å². The third kappa shape index (κ3) is 4.67. The van der Waals surface area contributed by atoms with Crippen molar-refractivity contribution in [2.24, 2.45) is 0 Å². The minimum Gasteiger partial charge on any atom is -0.395 e. The Morgan fingerprint density at radius 3 is 2.25 bits per heavy atom. The Kier molecular flexibility index (Phi) is 6.60. The first-order valence-electron chi connectivity index (χ1n) is 9.32. The van der Waals surface area contributed by atoms with Crippen LogP contribution in [0.1, 0.15) is 5.56 Å². The minimum atomic E-state index is -0.628. The van der Waals surface area contributed by atoms with Gasteiger partial charge < -0.3 is 19.8 Å². The number of nitrogens with zero attached hydrogens (tertiary/aromatic N) is 3. The van der Waals surface area contributed by atoms with E-state index in [1.807, 2.05) is 35.2 Å². The SMILES string of the molecule is O=C(C(=O)N(CCO)Cc1ccccc1)N1CCN(c2ccccc2F)CC1. The highest BCUT2D eigenvalue weighted by molar-refractivity contribution is 6.34. The Morgan fingerprint density at radius 1 is 0.964 bits per heavy atom. The Bertz CT molecular complexity index is 808. The third-order valence-corrected chi connectivity index (χ3v) is 4.82. The number of hydrogen-bond acceptors (Lipinski definition) is 4. The van der Waals surface area contributed by atoms with Crippen molar-refractivity contribution < 1.29 is 19.1 Å². The van der Waals surface area contributed by atoms with Crippen molar-refractivity contribution in [2.75, 3.05) is 44.2 Å². The molecule has 0 atom stereocenters. The van der Waals surface area contributed by atoms with Gasteiger partial charge in [-0.1, -0.05) is 42.5 Å². The molecule has 0 unspecified atom stereocenters. The lowest BCUT2D eigenvalue weighted by Gasteiger charge is -2.36. The second kappa shape index (κ2) is 9.32. The van der Waals surface area contributed by atoms with Crippen LogP contribution in [0.4, 0.5) is 10.1 Å². The number of hydrogen-bond donors (Lipinski definition) is 1. The smallest absolute Gasteiger partial charge is 0.312 e. The fourth-order valence-electron chi connectivity index (χ4n) is 3.31. The summed E-state index contributed by atoms with van der Waals surface area (Å²) in [5, 5.41) is 9.28. The molecule has 2 aromatic carbocycles. The summed E-state index contributed by atoms with van der Waals surface area (Å²) in [7, 11) is 0. The summed E-state index contributed by atoms with van der Waals surface area (Å²) in [6, 6.07) is 15.9. The molecule has 6 nitrogen and oxygen atoms in total. The molecule has 0 bridgehead atoms. The standard InChI is InChI=1S/C21H24FN3O3/c22-18-8-4-5-9-19(18)23-10-12-24(13-11-23)20(27)21(28)25(14-15-26)16-17-6-2-1-3-7-17/h1-9,26H,10-16H2. The number of anilines is 1. The molecule has 1 N–H and O–H groups in total. The zero-order valence-corrected chi connectivity index (χ0v) is 15.6. The number of benzene rings is 2. The van der Waals surface area contributed by atoms with Gasteiger partial charge in [0.25, 0.3) is 0 Å². The molecule has 2 aromatic rings. The normalized spacial score (nSPS) is 14.1. The van der Waals surface area contributed by atoms with Crippen molar-refractivity contribution in [2.45, 2.75) is 6.54 Å². The Labute approximate surface area is 163 Å². The highest BCUT2D eigenvalue weighted by Crippen LogP contribution is 2.20. The van der Waals surface area contributed by atoms with Gasteiger partial charge in [0.15, 0.2) is 0 Å². The van der Waals surface area contributed by atoms with Crippen LogP contribution in [0.15, 0.2) is 54.6 Å². The lowest BCUT2D eigenvalue weighted by Crippen LogP contribution is -2.53.